The Morgan fingerprint density at radius 2 is 1.45 bits per heavy atom. The van der Waals surface area contributed by atoms with Gasteiger partial charge in [0.2, 0.25) is 0 Å². The van der Waals surface area contributed by atoms with Crippen LogP contribution in [-0.4, -0.2) is 0 Å². The zero-order chi connectivity index (χ0) is 15.1. The summed E-state index contributed by atoms with van der Waals surface area (Å²) in [4.78, 5) is 0. The van der Waals surface area contributed by atoms with Gasteiger partial charge in [-0.1, -0.05) is 0 Å². The zero-order valence-corrected chi connectivity index (χ0v) is 15.4. The van der Waals surface area contributed by atoms with Crippen molar-refractivity contribution in [3.63, 3.8) is 0 Å². The fraction of sp³-hybridized carbons (Fsp3) is 0.143. The summed E-state index contributed by atoms with van der Waals surface area (Å²) < 4.78 is 3.19. The van der Waals surface area contributed by atoms with Crippen molar-refractivity contribution < 1.29 is 23.2 Å². The predicted molar refractivity (Wildman–Crippen MR) is 90.7 cm³/mol. The van der Waals surface area contributed by atoms with Crippen molar-refractivity contribution in [1.29, 1.82) is 0 Å². The van der Waals surface area contributed by atoms with E-state index in [0.29, 0.717) is 0 Å². The van der Waals surface area contributed by atoms with Crippen LogP contribution in [0.5, 0.6) is 0 Å². The molecule has 0 amide bonds. The first-order valence-electron chi connectivity index (χ1n) is 7.76. The molecule has 0 saturated heterocycles. The summed E-state index contributed by atoms with van der Waals surface area (Å²) in [7, 11) is 0. The minimum absolute atomic E-state index is 0.397. The Bertz CT molecular complexity index is 884. The monoisotopic (exact) mass is 360 g/mol. The molecule has 0 spiro atoms. The van der Waals surface area contributed by atoms with Gasteiger partial charge in [0.05, 0.1) is 0 Å². The maximum absolute atomic E-state index is 2.46. The molecule has 0 radical (unpaired) electrons. The summed E-state index contributed by atoms with van der Waals surface area (Å²) in [5.41, 5.74) is 7.51. The van der Waals surface area contributed by atoms with Gasteiger partial charge in [-0.2, -0.15) is 0 Å². The van der Waals surface area contributed by atoms with Crippen molar-refractivity contribution in [3.8, 4) is 0 Å². The van der Waals surface area contributed by atoms with Gasteiger partial charge >= 0.3 is 144 Å². The van der Waals surface area contributed by atoms with Crippen LogP contribution in [0, 0.1) is 0 Å². The van der Waals surface area contributed by atoms with Crippen molar-refractivity contribution in [2.45, 2.75) is 15.2 Å². The first kappa shape index (κ1) is 14.2. The van der Waals surface area contributed by atoms with E-state index in [1.165, 1.54) is 27.5 Å². The molecule has 0 bridgehead atoms. The quantitative estimate of drug-likeness (QED) is 0.537. The van der Waals surface area contributed by atoms with E-state index in [-0.39, 0.29) is 0 Å². The average molecular weight is 362 g/mol. The van der Waals surface area contributed by atoms with E-state index in [4.69, 9.17) is 0 Å². The van der Waals surface area contributed by atoms with Crippen LogP contribution in [0.2, 0.25) is 4.63 Å². The average Bonchev–Trinajstić information content (AvgIpc) is 2.85. The Labute approximate surface area is 143 Å². The van der Waals surface area contributed by atoms with E-state index in [1.54, 1.807) is 11.1 Å². The van der Waals surface area contributed by atoms with Gasteiger partial charge < -0.3 is 0 Å². The van der Waals surface area contributed by atoms with Crippen LogP contribution >= 0.6 is 0 Å². The molecular formula is C21H18Zr. The fourth-order valence-corrected chi connectivity index (χ4v) is 6.54. The van der Waals surface area contributed by atoms with Gasteiger partial charge in [-0.3, -0.25) is 0 Å². The number of hydrogen-bond acceptors (Lipinski definition) is 0. The van der Waals surface area contributed by atoms with E-state index in [1.807, 2.05) is 0 Å². The van der Waals surface area contributed by atoms with Crippen LogP contribution in [0.15, 0.2) is 72.3 Å². The van der Waals surface area contributed by atoms with Crippen LogP contribution in [0.4, 0.5) is 0 Å². The molecule has 0 aliphatic heterocycles. The second kappa shape index (κ2) is 5.63. The Hall–Kier alpha value is -1.46. The van der Waals surface area contributed by atoms with Gasteiger partial charge in [0.1, 0.15) is 0 Å². The van der Waals surface area contributed by atoms with Gasteiger partial charge in [0, 0.05) is 0 Å². The van der Waals surface area contributed by atoms with Gasteiger partial charge in [0.25, 0.3) is 0 Å². The Morgan fingerprint density at radius 3 is 2.32 bits per heavy atom. The third-order valence-corrected chi connectivity index (χ3v) is 7.96. The van der Waals surface area contributed by atoms with E-state index >= 15 is 0 Å². The predicted octanol–water partition coefficient (Wildman–Crippen LogP) is 5.85. The van der Waals surface area contributed by atoms with Crippen LogP contribution < -0.4 is 0 Å². The molecule has 0 saturated carbocycles. The Kier molecular flexibility index (Phi) is 3.62. The van der Waals surface area contributed by atoms with Crippen molar-refractivity contribution in [1.82, 2.24) is 0 Å². The van der Waals surface area contributed by atoms with E-state index < -0.39 is 23.2 Å². The molecule has 4 rings (SSSR count). The number of rotatable bonds is 2. The van der Waals surface area contributed by atoms with Crippen LogP contribution in [0.25, 0.3) is 16.3 Å². The van der Waals surface area contributed by atoms with Crippen molar-refractivity contribution in [3.05, 3.63) is 89.0 Å². The first-order valence-corrected chi connectivity index (χ1v) is 11.6. The van der Waals surface area contributed by atoms with E-state index in [0.717, 1.165) is 3.63 Å². The molecule has 0 fully saturated rings. The maximum atomic E-state index is 2.46. The Morgan fingerprint density at radius 1 is 0.773 bits per heavy atom. The summed E-state index contributed by atoms with van der Waals surface area (Å²) in [6.45, 7) is 2.35. The second-order valence-corrected chi connectivity index (χ2v) is 8.73. The standard InChI is InChI=1S/C20H15.CH3.Zr/c1-14-13-16-8-3-5-11-18(16)20(14)19-12-6-9-15-7-2-4-10-17(15)19;;/h2-13H,1H3;1H3;. The molecule has 0 N–H and O–H groups in total. The summed E-state index contributed by atoms with van der Waals surface area (Å²) in [5, 5.41) is 2.70. The zero-order valence-electron chi connectivity index (χ0n) is 12.9. The van der Waals surface area contributed by atoms with Gasteiger partial charge in [-0.05, 0) is 0 Å². The molecule has 0 nitrogen and oxygen atoms in total. The second-order valence-electron chi connectivity index (χ2n) is 5.89. The Balaban J connectivity index is 2.04. The van der Waals surface area contributed by atoms with E-state index in [2.05, 4.69) is 78.3 Å². The summed E-state index contributed by atoms with van der Waals surface area (Å²) in [5.74, 6) is 0. The fourth-order valence-electron chi connectivity index (χ4n) is 3.74. The van der Waals surface area contributed by atoms with Crippen LogP contribution in [0.1, 0.15) is 27.2 Å². The molecule has 22 heavy (non-hydrogen) atoms. The molecule has 1 aliphatic rings. The molecular weight excluding hydrogens is 343 g/mol. The van der Waals surface area contributed by atoms with Gasteiger partial charge in [-0.25, -0.2) is 0 Å². The van der Waals surface area contributed by atoms with Crippen molar-refractivity contribution in [2.24, 2.45) is 0 Å². The molecule has 0 aromatic heterocycles. The molecule has 1 atom stereocenters. The number of fused-ring (bicyclic) bond motifs is 2. The normalized spacial score (nSPS) is 16.9. The molecule has 3 aromatic carbocycles. The number of allylic oxidation sites excluding steroid dienone is 1. The van der Waals surface area contributed by atoms with Gasteiger partial charge in [0.15, 0.2) is 0 Å². The number of benzene rings is 3. The topological polar surface area (TPSA) is 0 Å². The molecule has 1 unspecified atom stereocenters. The molecule has 1 aliphatic carbocycles. The van der Waals surface area contributed by atoms with Crippen LogP contribution in [-0.2, 0) is 23.2 Å². The third kappa shape index (κ3) is 2.07. The minimum atomic E-state index is -0.397. The van der Waals surface area contributed by atoms with Crippen molar-refractivity contribution >= 4 is 16.3 Å². The van der Waals surface area contributed by atoms with E-state index in [9.17, 15) is 0 Å². The SMILES string of the molecule is [CH3][Zr][CH]1C(C)=C(c2cccc3ccccc23)c2ccccc21. The van der Waals surface area contributed by atoms with Crippen LogP contribution in [0.3, 0.4) is 0 Å². The van der Waals surface area contributed by atoms with Crippen molar-refractivity contribution in [2.75, 3.05) is 0 Å². The molecule has 0 heterocycles. The first-order chi connectivity index (χ1) is 10.8. The number of hydrogen-bond donors (Lipinski definition) is 0. The summed E-state index contributed by atoms with van der Waals surface area (Å²) in [6.07, 6.45) is 0. The third-order valence-electron chi connectivity index (χ3n) is 4.72. The molecule has 1 heteroatoms. The molecule has 3 aromatic rings. The molecule has 106 valence electrons. The van der Waals surface area contributed by atoms with Gasteiger partial charge in [-0.15, -0.1) is 0 Å². The summed E-state index contributed by atoms with van der Waals surface area (Å²) >= 11 is -0.397. The summed E-state index contributed by atoms with van der Waals surface area (Å²) in [6, 6.07) is 24.5.